The molecule has 0 radical (unpaired) electrons. The minimum atomic E-state index is -5.57. The number of ether oxygens (including phenoxy) is 1. The zero-order valence-electron chi connectivity index (χ0n) is 13.1. The van der Waals surface area contributed by atoms with Crippen LogP contribution < -0.4 is 0 Å². The molecule has 0 aromatic carbocycles. The van der Waals surface area contributed by atoms with E-state index < -0.39 is 68.6 Å². The fourth-order valence-electron chi connectivity index (χ4n) is 2.03. The van der Waals surface area contributed by atoms with E-state index in [1.807, 2.05) is 0 Å². The molecule has 0 aromatic rings. The summed E-state index contributed by atoms with van der Waals surface area (Å²) in [5.41, 5.74) is 0. The maximum absolute atomic E-state index is 11.1. The number of phosphoric ester groups is 4. The second-order valence-electron chi connectivity index (χ2n) is 5.03. The van der Waals surface area contributed by atoms with Gasteiger partial charge in [-0.2, -0.15) is 0 Å². The number of phosphoric acid groups is 4. The average molecular weight is 500 g/mol. The second-order valence-corrected chi connectivity index (χ2v) is 9.85. The average Bonchev–Trinajstić information content (AvgIpc) is 2.39. The molecule has 0 aromatic heterocycles. The first-order valence-electron chi connectivity index (χ1n) is 6.53. The van der Waals surface area contributed by atoms with Crippen LogP contribution in [0.15, 0.2) is 0 Å². The van der Waals surface area contributed by atoms with E-state index in [1.165, 1.54) is 0 Å². The molecule has 1 aliphatic rings. The standard InChI is InChI=1S/C6H16O18P4/c7-6-5(24-28(17,18)19)4(23-27(14,15)16)3(22-26(11,12)13)2(21-6)1-20-25(8,9)10/h2-7H,1H2,(H2,8,9,10)(H2,11,12,13)(H2,14,15,16)(H2,17,18,19)/t2-,3-,4+,5-,6-/m1/s1. The molecule has 0 amide bonds. The third-order valence-corrected chi connectivity index (χ3v) is 4.83. The number of hydrogen-bond donors (Lipinski definition) is 9. The van der Waals surface area contributed by atoms with Crippen LogP contribution in [-0.4, -0.2) is 81.6 Å². The highest BCUT2D eigenvalue weighted by Gasteiger charge is 2.54. The molecule has 5 atom stereocenters. The number of rotatable bonds is 9. The molecule has 28 heavy (non-hydrogen) atoms. The Morgan fingerprint density at radius 2 is 1.04 bits per heavy atom. The summed E-state index contributed by atoms with van der Waals surface area (Å²) in [4.78, 5) is 70.9. The van der Waals surface area contributed by atoms with Crippen LogP contribution in [0.4, 0.5) is 0 Å². The van der Waals surface area contributed by atoms with E-state index in [1.54, 1.807) is 0 Å². The van der Waals surface area contributed by atoms with Crippen LogP contribution in [0.1, 0.15) is 0 Å². The molecule has 1 heterocycles. The van der Waals surface area contributed by atoms with Crippen molar-refractivity contribution in [2.45, 2.75) is 30.7 Å². The van der Waals surface area contributed by atoms with Crippen molar-refractivity contribution in [3.05, 3.63) is 0 Å². The van der Waals surface area contributed by atoms with E-state index in [4.69, 9.17) is 39.1 Å². The first-order valence-corrected chi connectivity index (χ1v) is 12.6. The van der Waals surface area contributed by atoms with Crippen molar-refractivity contribution in [3.8, 4) is 0 Å². The van der Waals surface area contributed by atoms with E-state index in [-0.39, 0.29) is 0 Å². The highest BCUT2D eigenvalue weighted by molar-refractivity contribution is 7.47. The van der Waals surface area contributed by atoms with Crippen LogP contribution >= 0.6 is 31.3 Å². The summed E-state index contributed by atoms with van der Waals surface area (Å²) in [5, 5.41) is 9.79. The van der Waals surface area contributed by atoms with E-state index in [2.05, 4.69) is 22.8 Å². The van der Waals surface area contributed by atoms with Crippen LogP contribution in [0.2, 0.25) is 0 Å². The molecule has 1 saturated heterocycles. The Morgan fingerprint density at radius 3 is 1.43 bits per heavy atom. The van der Waals surface area contributed by atoms with Crippen LogP contribution in [0.3, 0.4) is 0 Å². The molecule has 9 N–H and O–H groups in total. The molecule has 0 spiro atoms. The second kappa shape index (κ2) is 9.24. The summed E-state index contributed by atoms with van der Waals surface area (Å²) in [6.07, 6.45) is -11.9. The number of aliphatic hydroxyl groups excluding tert-OH is 1. The summed E-state index contributed by atoms with van der Waals surface area (Å²) in [7, 11) is -21.8. The lowest BCUT2D eigenvalue weighted by molar-refractivity contribution is -0.276. The lowest BCUT2D eigenvalue weighted by Crippen LogP contribution is -2.60. The van der Waals surface area contributed by atoms with Crippen molar-refractivity contribution in [3.63, 3.8) is 0 Å². The fourth-order valence-corrected chi connectivity index (χ4v) is 4.05. The minimum absolute atomic E-state index is 1.27. The molecule has 0 bridgehead atoms. The zero-order valence-corrected chi connectivity index (χ0v) is 16.7. The van der Waals surface area contributed by atoms with E-state index in [0.717, 1.165) is 0 Å². The van der Waals surface area contributed by atoms with Crippen molar-refractivity contribution in [1.29, 1.82) is 0 Å². The molecule has 1 rings (SSSR count). The number of aliphatic hydroxyl groups is 1. The van der Waals surface area contributed by atoms with Gasteiger partial charge in [-0.25, -0.2) is 18.3 Å². The van der Waals surface area contributed by atoms with Gasteiger partial charge in [0.2, 0.25) is 0 Å². The van der Waals surface area contributed by atoms with Gasteiger partial charge in [0.25, 0.3) is 0 Å². The molecule has 0 aliphatic carbocycles. The predicted octanol–water partition coefficient (Wildman–Crippen LogP) is -2.75. The molecule has 168 valence electrons. The predicted molar refractivity (Wildman–Crippen MR) is 79.6 cm³/mol. The Hall–Kier alpha value is 0.360. The summed E-state index contributed by atoms with van der Waals surface area (Å²) >= 11 is 0. The quantitative estimate of drug-likeness (QED) is 0.145. The van der Waals surface area contributed by atoms with Gasteiger partial charge in [0.05, 0.1) is 6.61 Å². The minimum Gasteiger partial charge on any atom is -0.366 e. The summed E-state index contributed by atoms with van der Waals surface area (Å²) in [5.74, 6) is 0. The topological polar surface area (TPSA) is 296 Å². The SMILES string of the molecule is O=P(O)(O)OC[C@H]1O[C@@H](O)[C@H](OP(=O)(O)O)[C@@H](OP(=O)(O)O)[C@@H]1OP(=O)(O)O. The molecule has 0 unspecified atom stereocenters. The van der Waals surface area contributed by atoms with Gasteiger partial charge < -0.3 is 49.0 Å². The van der Waals surface area contributed by atoms with Gasteiger partial charge in [-0.3, -0.25) is 18.1 Å². The van der Waals surface area contributed by atoms with Crippen LogP contribution in [0.5, 0.6) is 0 Å². The Morgan fingerprint density at radius 1 is 0.643 bits per heavy atom. The maximum Gasteiger partial charge on any atom is 0.470 e. The van der Waals surface area contributed by atoms with Crippen LogP contribution in [0, 0.1) is 0 Å². The summed E-state index contributed by atoms with van der Waals surface area (Å²) in [6, 6.07) is 0. The van der Waals surface area contributed by atoms with Gasteiger partial charge >= 0.3 is 31.3 Å². The van der Waals surface area contributed by atoms with Crippen molar-refractivity contribution >= 4 is 31.3 Å². The van der Waals surface area contributed by atoms with Gasteiger partial charge in [-0.15, -0.1) is 0 Å². The molecule has 18 nitrogen and oxygen atoms in total. The van der Waals surface area contributed by atoms with E-state index >= 15 is 0 Å². The van der Waals surface area contributed by atoms with Gasteiger partial charge in [0.15, 0.2) is 6.29 Å². The molecule has 1 aliphatic heterocycles. The van der Waals surface area contributed by atoms with Gasteiger partial charge in [0, 0.05) is 0 Å². The molecule has 22 heteroatoms. The normalized spacial score (nSPS) is 30.4. The zero-order chi connectivity index (χ0) is 22.1. The third-order valence-electron chi connectivity index (χ3n) is 2.79. The summed E-state index contributed by atoms with van der Waals surface area (Å²) in [6.45, 7) is -1.27. The molecular weight excluding hydrogens is 484 g/mol. The Labute approximate surface area is 154 Å². The van der Waals surface area contributed by atoms with Gasteiger partial charge in [-0.1, -0.05) is 0 Å². The summed E-state index contributed by atoms with van der Waals surface area (Å²) < 4.78 is 65.2. The molecule has 1 fully saturated rings. The van der Waals surface area contributed by atoms with E-state index in [0.29, 0.717) is 0 Å². The van der Waals surface area contributed by atoms with Crippen molar-refractivity contribution in [2.75, 3.05) is 6.61 Å². The molecular formula is C6H16O18P4. The van der Waals surface area contributed by atoms with Crippen LogP contribution in [0.25, 0.3) is 0 Å². The van der Waals surface area contributed by atoms with Gasteiger partial charge in [0.1, 0.15) is 24.4 Å². The fraction of sp³-hybridized carbons (Fsp3) is 1.00. The first-order chi connectivity index (χ1) is 12.3. The van der Waals surface area contributed by atoms with Crippen molar-refractivity contribution < 1.29 is 85.3 Å². The largest absolute Gasteiger partial charge is 0.470 e. The number of hydrogen-bond acceptors (Lipinski definition) is 10. The van der Waals surface area contributed by atoms with Crippen molar-refractivity contribution in [2.24, 2.45) is 0 Å². The Kier molecular flexibility index (Phi) is 8.71. The Balaban J connectivity index is 3.34. The smallest absolute Gasteiger partial charge is 0.366 e. The van der Waals surface area contributed by atoms with E-state index in [9.17, 15) is 23.4 Å². The highest BCUT2D eigenvalue weighted by Crippen LogP contribution is 2.50. The van der Waals surface area contributed by atoms with Crippen molar-refractivity contribution in [1.82, 2.24) is 0 Å². The lowest BCUT2D eigenvalue weighted by Gasteiger charge is -2.43. The highest BCUT2D eigenvalue weighted by atomic mass is 31.2. The lowest BCUT2D eigenvalue weighted by atomic mass is 9.99. The molecule has 0 saturated carbocycles. The Bertz CT molecular complexity index is 712. The maximum atomic E-state index is 11.1. The first kappa shape index (κ1) is 26.4. The van der Waals surface area contributed by atoms with Crippen LogP contribution in [-0.2, 0) is 41.1 Å². The van der Waals surface area contributed by atoms with Gasteiger partial charge in [-0.05, 0) is 0 Å². The third kappa shape index (κ3) is 9.91. The monoisotopic (exact) mass is 500 g/mol.